The van der Waals surface area contributed by atoms with E-state index >= 15 is 0 Å². The molecule has 2 aromatic rings. The number of carbonyl (C=O) groups is 1. The molecular weight excluding hydrogens is 272 g/mol. The molecule has 3 rings (SSSR count). The first kappa shape index (κ1) is 13.4. The van der Waals surface area contributed by atoms with Crippen LogP contribution in [0.25, 0.3) is 10.1 Å². The van der Waals surface area contributed by atoms with Crippen LogP contribution in [0.2, 0.25) is 0 Å². The zero-order valence-corrected chi connectivity index (χ0v) is 12.5. The number of nitrogens with one attached hydrogen (secondary N) is 1. The monoisotopic (exact) mass is 290 g/mol. The predicted octanol–water partition coefficient (Wildman–Crippen LogP) is 2.70. The molecule has 5 heteroatoms. The van der Waals surface area contributed by atoms with Crippen molar-refractivity contribution in [2.45, 2.75) is 25.8 Å². The maximum Gasteiger partial charge on any atom is 0.264 e. The Bertz CT molecular complexity index is 672. The molecule has 20 heavy (non-hydrogen) atoms. The molecule has 0 spiro atoms. The number of nitrogen functional groups attached to an aromatic ring is 1. The van der Waals surface area contributed by atoms with Crippen molar-refractivity contribution in [3.8, 4) is 0 Å². The quantitative estimate of drug-likeness (QED) is 0.894. The molecule has 0 aliphatic carbocycles. The second-order valence-electron chi connectivity index (χ2n) is 5.66. The average molecular weight is 290 g/mol. The number of hydrogen-bond acceptors (Lipinski definition) is 4. The van der Waals surface area contributed by atoms with Crippen molar-refractivity contribution >= 4 is 33.0 Å². The molecule has 1 fully saturated rings. The predicted molar refractivity (Wildman–Crippen MR) is 82.3 cm³/mol. The van der Waals surface area contributed by atoms with Gasteiger partial charge >= 0.3 is 0 Å². The number of rotatable bonds is 2. The van der Waals surface area contributed by atoms with Crippen LogP contribution in [-0.4, -0.2) is 24.7 Å². The number of aryl methyl sites for hydroxylation is 1. The van der Waals surface area contributed by atoms with E-state index in [0.717, 1.165) is 22.1 Å². The van der Waals surface area contributed by atoms with E-state index in [0.29, 0.717) is 23.8 Å². The fraction of sp³-hybridized carbons (Fsp3) is 0.400. The van der Waals surface area contributed by atoms with Crippen LogP contribution in [0.4, 0.5) is 5.69 Å². The summed E-state index contributed by atoms with van der Waals surface area (Å²) in [5.41, 5.74) is 7.58. The van der Waals surface area contributed by atoms with Gasteiger partial charge in [0.2, 0.25) is 0 Å². The molecule has 2 heterocycles. The average Bonchev–Trinajstić information content (AvgIpc) is 2.95. The molecule has 1 unspecified atom stereocenters. The van der Waals surface area contributed by atoms with Crippen molar-refractivity contribution in [1.29, 1.82) is 0 Å². The van der Waals surface area contributed by atoms with Gasteiger partial charge in [-0.3, -0.25) is 4.79 Å². The van der Waals surface area contributed by atoms with Crippen molar-refractivity contribution in [3.63, 3.8) is 0 Å². The Kier molecular flexibility index (Phi) is 3.18. The van der Waals surface area contributed by atoms with Gasteiger partial charge in [0, 0.05) is 16.7 Å². The van der Waals surface area contributed by atoms with E-state index in [1.807, 2.05) is 32.0 Å². The van der Waals surface area contributed by atoms with Crippen LogP contribution in [0.1, 0.15) is 28.6 Å². The molecule has 1 saturated heterocycles. The summed E-state index contributed by atoms with van der Waals surface area (Å²) in [4.78, 5) is 13.0. The highest BCUT2D eigenvalue weighted by molar-refractivity contribution is 7.21. The molecule has 1 aromatic heterocycles. The van der Waals surface area contributed by atoms with Crippen molar-refractivity contribution < 1.29 is 9.53 Å². The minimum absolute atomic E-state index is 0.102. The molecule has 0 saturated carbocycles. The van der Waals surface area contributed by atoms with Gasteiger partial charge in [0.05, 0.1) is 17.8 Å². The summed E-state index contributed by atoms with van der Waals surface area (Å²) >= 11 is 1.44. The van der Waals surface area contributed by atoms with E-state index in [-0.39, 0.29) is 11.4 Å². The van der Waals surface area contributed by atoms with E-state index < -0.39 is 0 Å². The number of carbonyl (C=O) groups excluding carboxylic acids is 1. The number of nitrogens with two attached hydrogens (primary N) is 1. The second-order valence-corrected chi connectivity index (χ2v) is 6.71. The number of anilines is 1. The van der Waals surface area contributed by atoms with Gasteiger partial charge in [-0.15, -0.1) is 11.3 Å². The summed E-state index contributed by atoms with van der Waals surface area (Å²) in [7, 11) is 0. The van der Waals surface area contributed by atoms with Crippen molar-refractivity contribution in [2.24, 2.45) is 0 Å². The number of hydrogen-bond donors (Lipinski definition) is 2. The molecular formula is C15H18N2O2S. The highest BCUT2D eigenvalue weighted by Crippen LogP contribution is 2.34. The molecule has 0 bridgehead atoms. The Morgan fingerprint density at radius 3 is 3.00 bits per heavy atom. The molecule has 4 nitrogen and oxygen atoms in total. The van der Waals surface area contributed by atoms with Crippen molar-refractivity contribution in [1.82, 2.24) is 5.32 Å². The van der Waals surface area contributed by atoms with Crippen LogP contribution in [0.3, 0.4) is 0 Å². The molecule has 106 valence electrons. The van der Waals surface area contributed by atoms with E-state index in [2.05, 4.69) is 5.32 Å². The molecule has 0 radical (unpaired) electrons. The van der Waals surface area contributed by atoms with Gasteiger partial charge in [0.1, 0.15) is 4.88 Å². The fourth-order valence-corrected chi connectivity index (χ4v) is 3.49. The number of benzene rings is 1. The highest BCUT2D eigenvalue weighted by atomic mass is 32.1. The topological polar surface area (TPSA) is 64.3 Å². The van der Waals surface area contributed by atoms with Gasteiger partial charge in [-0.05, 0) is 32.4 Å². The number of amides is 1. The number of fused-ring (bicyclic) bond motifs is 1. The third-order valence-corrected chi connectivity index (χ3v) is 4.91. The third-order valence-electron chi connectivity index (χ3n) is 3.72. The van der Waals surface area contributed by atoms with E-state index in [4.69, 9.17) is 10.5 Å². The zero-order valence-electron chi connectivity index (χ0n) is 11.7. The van der Waals surface area contributed by atoms with Gasteiger partial charge < -0.3 is 15.8 Å². The lowest BCUT2D eigenvalue weighted by atomic mass is 10.0. The lowest BCUT2D eigenvalue weighted by Crippen LogP contribution is -2.46. The SMILES string of the molecule is Cc1ccc2sc(C(=O)NC3(C)CCOC3)c(N)c2c1. The number of ether oxygens (including phenoxy) is 1. The Hall–Kier alpha value is -1.59. The van der Waals surface area contributed by atoms with Crippen LogP contribution < -0.4 is 11.1 Å². The minimum Gasteiger partial charge on any atom is -0.397 e. The first-order valence-electron chi connectivity index (χ1n) is 6.67. The van der Waals surface area contributed by atoms with Gasteiger partial charge in [-0.25, -0.2) is 0 Å². The van der Waals surface area contributed by atoms with Crippen LogP contribution in [0.15, 0.2) is 18.2 Å². The molecule has 1 aliphatic heterocycles. The van der Waals surface area contributed by atoms with Gasteiger partial charge in [0.15, 0.2) is 0 Å². The van der Waals surface area contributed by atoms with Gasteiger partial charge in [-0.2, -0.15) is 0 Å². The van der Waals surface area contributed by atoms with Crippen LogP contribution in [0, 0.1) is 6.92 Å². The normalized spacial score (nSPS) is 22.3. The molecule has 1 aliphatic rings. The highest BCUT2D eigenvalue weighted by Gasteiger charge is 2.32. The Balaban J connectivity index is 1.93. The lowest BCUT2D eigenvalue weighted by Gasteiger charge is -2.23. The summed E-state index contributed by atoms with van der Waals surface area (Å²) < 4.78 is 6.41. The first-order chi connectivity index (χ1) is 9.48. The van der Waals surface area contributed by atoms with Gasteiger partial charge in [-0.1, -0.05) is 11.6 Å². The first-order valence-corrected chi connectivity index (χ1v) is 7.49. The summed E-state index contributed by atoms with van der Waals surface area (Å²) in [6.45, 7) is 5.28. The second kappa shape index (κ2) is 4.75. The Labute approximate surface area is 121 Å². The van der Waals surface area contributed by atoms with Gasteiger partial charge in [0.25, 0.3) is 5.91 Å². The lowest BCUT2D eigenvalue weighted by molar-refractivity contribution is 0.0895. The van der Waals surface area contributed by atoms with Crippen LogP contribution >= 0.6 is 11.3 Å². The third kappa shape index (κ3) is 2.27. The Morgan fingerprint density at radius 2 is 2.30 bits per heavy atom. The van der Waals surface area contributed by atoms with Crippen molar-refractivity contribution in [3.05, 3.63) is 28.6 Å². The van der Waals surface area contributed by atoms with Crippen LogP contribution in [-0.2, 0) is 4.74 Å². The standard InChI is InChI=1S/C15H18N2O2S/c1-9-3-4-11-10(7-9)12(16)13(20-11)14(18)17-15(2)5-6-19-8-15/h3-4,7H,5-6,8,16H2,1-2H3,(H,17,18). The minimum atomic E-state index is -0.282. The number of thiophene rings is 1. The molecule has 1 amide bonds. The van der Waals surface area contributed by atoms with Crippen LogP contribution in [0.5, 0.6) is 0 Å². The van der Waals surface area contributed by atoms with E-state index in [1.54, 1.807) is 0 Å². The molecule has 1 atom stereocenters. The summed E-state index contributed by atoms with van der Waals surface area (Å²) in [6.07, 6.45) is 0.836. The Morgan fingerprint density at radius 1 is 1.50 bits per heavy atom. The fourth-order valence-electron chi connectivity index (χ4n) is 2.50. The summed E-state index contributed by atoms with van der Waals surface area (Å²) in [5.74, 6) is -0.102. The largest absolute Gasteiger partial charge is 0.397 e. The maximum absolute atomic E-state index is 12.4. The maximum atomic E-state index is 12.4. The molecule has 1 aromatic carbocycles. The summed E-state index contributed by atoms with van der Waals surface area (Å²) in [5, 5.41) is 4.02. The summed E-state index contributed by atoms with van der Waals surface area (Å²) in [6, 6.07) is 6.08. The van der Waals surface area contributed by atoms with E-state index in [9.17, 15) is 4.79 Å². The zero-order chi connectivity index (χ0) is 14.3. The van der Waals surface area contributed by atoms with Crippen molar-refractivity contribution in [2.75, 3.05) is 18.9 Å². The smallest absolute Gasteiger partial charge is 0.264 e. The van der Waals surface area contributed by atoms with E-state index in [1.165, 1.54) is 11.3 Å². The molecule has 3 N–H and O–H groups in total.